The van der Waals surface area contributed by atoms with Crippen molar-refractivity contribution in [2.75, 3.05) is 44.6 Å². The van der Waals surface area contributed by atoms with E-state index in [2.05, 4.69) is 31.4 Å². The van der Waals surface area contributed by atoms with Gasteiger partial charge in [0.05, 0.1) is 0 Å². The summed E-state index contributed by atoms with van der Waals surface area (Å²) in [6.07, 6.45) is 3.37. The number of piperazine rings is 1. The van der Waals surface area contributed by atoms with Gasteiger partial charge in [-0.05, 0) is 43.5 Å². The standard InChI is InChI=1S/C22H35FN4O2/c1-17(2)5-4-6-18(3)24-21(28)15-26-11-13-27(14-12-26)16-22(29)25-20-9-7-19(23)8-10-20/h7-10,17-18H,4-6,11-16H2,1-3H3,(H,24,28)(H,25,29)/p+2/t18-/m1/s1. The predicted octanol–water partition coefficient (Wildman–Crippen LogP) is -0.121. The van der Waals surface area contributed by atoms with Crippen molar-refractivity contribution >= 4 is 17.5 Å². The maximum atomic E-state index is 12.9. The first-order valence-electron chi connectivity index (χ1n) is 10.8. The molecule has 0 aromatic heterocycles. The van der Waals surface area contributed by atoms with Crippen LogP contribution in [0.5, 0.6) is 0 Å². The molecule has 2 rings (SSSR count). The highest BCUT2D eigenvalue weighted by Crippen LogP contribution is 2.08. The summed E-state index contributed by atoms with van der Waals surface area (Å²) < 4.78 is 12.9. The molecular weight excluding hydrogens is 371 g/mol. The van der Waals surface area contributed by atoms with Gasteiger partial charge in [-0.3, -0.25) is 9.59 Å². The molecule has 0 radical (unpaired) electrons. The summed E-state index contributed by atoms with van der Waals surface area (Å²) in [5, 5.41) is 5.93. The lowest BCUT2D eigenvalue weighted by molar-refractivity contribution is -1.00. The third-order valence-corrected chi connectivity index (χ3v) is 5.44. The average Bonchev–Trinajstić information content (AvgIpc) is 2.65. The number of hydrogen-bond acceptors (Lipinski definition) is 2. The Hall–Kier alpha value is -1.99. The summed E-state index contributed by atoms with van der Waals surface area (Å²) in [7, 11) is 0. The van der Waals surface area contributed by atoms with E-state index in [1.54, 1.807) is 12.1 Å². The predicted molar refractivity (Wildman–Crippen MR) is 112 cm³/mol. The van der Waals surface area contributed by atoms with Gasteiger partial charge in [-0.1, -0.05) is 26.7 Å². The van der Waals surface area contributed by atoms with Crippen molar-refractivity contribution < 1.29 is 23.8 Å². The number of carbonyl (C=O) groups excluding carboxylic acids is 2. The molecule has 4 N–H and O–H groups in total. The van der Waals surface area contributed by atoms with Crippen molar-refractivity contribution in [1.82, 2.24) is 5.32 Å². The normalized spacial score (nSPS) is 20.3. The number of quaternary nitrogens is 2. The van der Waals surface area contributed by atoms with Gasteiger partial charge in [0.2, 0.25) is 0 Å². The third kappa shape index (κ3) is 9.37. The van der Waals surface area contributed by atoms with Crippen LogP contribution in [0.25, 0.3) is 0 Å². The number of halogens is 1. The Morgan fingerprint density at radius 3 is 2.03 bits per heavy atom. The van der Waals surface area contributed by atoms with E-state index in [-0.39, 0.29) is 23.7 Å². The molecule has 1 fully saturated rings. The lowest BCUT2D eigenvalue weighted by Crippen LogP contribution is -3.28. The van der Waals surface area contributed by atoms with E-state index in [9.17, 15) is 14.0 Å². The van der Waals surface area contributed by atoms with Crippen LogP contribution in [0.4, 0.5) is 10.1 Å². The first kappa shape index (κ1) is 23.3. The van der Waals surface area contributed by atoms with Crippen molar-refractivity contribution in [3.05, 3.63) is 30.1 Å². The summed E-state index contributed by atoms with van der Waals surface area (Å²) in [5.41, 5.74) is 0.610. The molecule has 1 aliphatic rings. The van der Waals surface area contributed by atoms with Crippen LogP contribution in [-0.4, -0.2) is 57.1 Å². The van der Waals surface area contributed by atoms with Gasteiger partial charge in [0, 0.05) is 11.7 Å². The van der Waals surface area contributed by atoms with E-state index in [0.29, 0.717) is 24.7 Å². The fourth-order valence-corrected chi connectivity index (χ4v) is 3.73. The zero-order valence-electron chi connectivity index (χ0n) is 18.0. The van der Waals surface area contributed by atoms with E-state index in [0.717, 1.165) is 39.0 Å². The molecule has 7 heteroatoms. The third-order valence-electron chi connectivity index (χ3n) is 5.44. The van der Waals surface area contributed by atoms with Crippen molar-refractivity contribution in [1.29, 1.82) is 0 Å². The van der Waals surface area contributed by atoms with E-state index in [4.69, 9.17) is 0 Å². The van der Waals surface area contributed by atoms with Crippen LogP contribution >= 0.6 is 0 Å². The highest BCUT2D eigenvalue weighted by molar-refractivity contribution is 5.91. The SMILES string of the molecule is CC(C)CCC[C@@H](C)NC(=O)C[NH+]1CC[NH+](CC(=O)Nc2ccc(F)cc2)CC1. The number of anilines is 1. The number of carbonyl (C=O) groups is 2. The lowest BCUT2D eigenvalue weighted by Gasteiger charge is -2.29. The number of rotatable bonds is 10. The maximum absolute atomic E-state index is 12.9. The minimum absolute atomic E-state index is 0.0666. The van der Waals surface area contributed by atoms with Crippen LogP contribution in [-0.2, 0) is 9.59 Å². The Bertz CT molecular complexity index is 643. The summed E-state index contributed by atoms with van der Waals surface area (Å²) in [5.74, 6) is 0.443. The van der Waals surface area contributed by atoms with E-state index >= 15 is 0 Å². The van der Waals surface area contributed by atoms with Crippen LogP contribution in [0.3, 0.4) is 0 Å². The van der Waals surface area contributed by atoms with E-state index < -0.39 is 0 Å². The fraction of sp³-hybridized carbons (Fsp3) is 0.636. The Morgan fingerprint density at radius 1 is 0.931 bits per heavy atom. The minimum Gasteiger partial charge on any atom is -0.349 e. The van der Waals surface area contributed by atoms with Crippen LogP contribution in [0, 0.1) is 11.7 Å². The molecule has 29 heavy (non-hydrogen) atoms. The smallest absolute Gasteiger partial charge is 0.279 e. The zero-order chi connectivity index (χ0) is 21.2. The molecule has 0 spiro atoms. The summed E-state index contributed by atoms with van der Waals surface area (Å²) in [4.78, 5) is 26.9. The summed E-state index contributed by atoms with van der Waals surface area (Å²) in [6, 6.07) is 6.02. The maximum Gasteiger partial charge on any atom is 0.279 e. The highest BCUT2D eigenvalue weighted by Gasteiger charge is 2.26. The molecule has 162 valence electrons. The largest absolute Gasteiger partial charge is 0.349 e. The van der Waals surface area contributed by atoms with Gasteiger partial charge in [-0.15, -0.1) is 0 Å². The van der Waals surface area contributed by atoms with Crippen LogP contribution in [0.1, 0.15) is 40.0 Å². The number of nitrogens with one attached hydrogen (secondary N) is 4. The van der Waals surface area contributed by atoms with Gasteiger partial charge in [0.1, 0.15) is 32.0 Å². The second-order valence-electron chi connectivity index (χ2n) is 8.70. The van der Waals surface area contributed by atoms with E-state index in [1.165, 1.54) is 28.4 Å². The van der Waals surface area contributed by atoms with Gasteiger partial charge in [-0.25, -0.2) is 4.39 Å². The molecule has 1 saturated heterocycles. The van der Waals surface area contributed by atoms with Gasteiger partial charge in [-0.2, -0.15) is 0 Å². The Kier molecular flexibility index (Phi) is 9.54. The van der Waals surface area contributed by atoms with Crippen molar-refractivity contribution in [2.24, 2.45) is 5.92 Å². The summed E-state index contributed by atoms with van der Waals surface area (Å²) in [6.45, 7) is 10.9. The Balaban J connectivity index is 1.62. The quantitative estimate of drug-likeness (QED) is 0.436. The first-order valence-corrected chi connectivity index (χ1v) is 10.8. The summed E-state index contributed by atoms with van der Waals surface area (Å²) >= 11 is 0. The Morgan fingerprint density at radius 2 is 1.48 bits per heavy atom. The lowest BCUT2D eigenvalue weighted by atomic mass is 10.0. The molecule has 1 atom stereocenters. The van der Waals surface area contributed by atoms with Crippen LogP contribution in [0.2, 0.25) is 0 Å². The topological polar surface area (TPSA) is 67.1 Å². The zero-order valence-corrected chi connectivity index (χ0v) is 18.0. The van der Waals surface area contributed by atoms with Gasteiger partial charge < -0.3 is 20.4 Å². The Labute approximate surface area is 173 Å². The molecule has 1 aromatic carbocycles. The molecular formula is C22H37FN4O2+2. The highest BCUT2D eigenvalue weighted by atomic mass is 19.1. The second-order valence-corrected chi connectivity index (χ2v) is 8.70. The molecule has 1 aromatic rings. The van der Waals surface area contributed by atoms with Crippen molar-refractivity contribution in [3.63, 3.8) is 0 Å². The van der Waals surface area contributed by atoms with Crippen molar-refractivity contribution in [2.45, 2.75) is 46.1 Å². The number of benzene rings is 1. The van der Waals surface area contributed by atoms with E-state index in [1.807, 2.05) is 0 Å². The molecule has 0 bridgehead atoms. The van der Waals surface area contributed by atoms with Crippen LogP contribution < -0.4 is 20.4 Å². The second kappa shape index (κ2) is 11.9. The van der Waals surface area contributed by atoms with Crippen molar-refractivity contribution in [3.8, 4) is 0 Å². The average molecular weight is 409 g/mol. The molecule has 1 heterocycles. The molecule has 6 nitrogen and oxygen atoms in total. The number of amides is 2. The van der Waals surface area contributed by atoms with Crippen LogP contribution in [0.15, 0.2) is 24.3 Å². The fourth-order valence-electron chi connectivity index (χ4n) is 3.73. The monoisotopic (exact) mass is 408 g/mol. The number of hydrogen-bond donors (Lipinski definition) is 4. The minimum atomic E-state index is -0.318. The molecule has 1 aliphatic heterocycles. The van der Waals surface area contributed by atoms with Gasteiger partial charge in [0.15, 0.2) is 13.1 Å². The van der Waals surface area contributed by atoms with Gasteiger partial charge >= 0.3 is 0 Å². The van der Waals surface area contributed by atoms with Gasteiger partial charge in [0.25, 0.3) is 11.8 Å². The molecule has 0 aliphatic carbocycles. The molecule has 2 amide bonds. The molecule has 0 saturated carbocycles. The first-order chi connectivity index (χ1) is 13.8. The molecule has 0 unspecified atom stereocenters.